The van der Waals surface area contributed by atoms with E-state index in [1.807, 2.05) is 64.1 Å². The number of nitrogen functional groups attached to an aromatic ring is 1. The molecule has 1 aliphatic heterocycles. The minimum Gasteiger partial charge on any atom is -0.479 e. The van der Waals surface area contributed by atoms with Crippen LogP contribution in [0.4, 0.5) is 5.95 Å². The van der Waals surface area contributed by atoms with Gasteiger partial charge >= 0.3 is 19.6 Å². The lowest BCUT2D eigenvalue weighted by Gasteiger charge is -2.28. The first-order valence-corrected chi connectivity index (χ1v) is 18.6. The number of aromatic nitrogens is 4. The number of aliphatic hydroxyl groups excluding tert-OH is 1. The molecule has 19 heteroatoms. The Morgan fingerprint density at radius 2 is 1.55 bits per heavy atom. The molecule has 0 aromatic carbocycles. The lowest BCUT2D eigenvalue weighted by Crippen LogP contribution is -2.45. The Morgan fingerprint density at radius 1 is 1.04 bits per heavy atom. The first-order valence-electron chi connectivity index (χ1n) is 15.9. The summed E-state index contributed by atoms with van der Waals surface area (Å²) in [5.41, 5.74) is 4.22. The number of carbonyl (C=O) groups is 2. The molecule has 0 aliphatic carbocycles. The molecule has 278 valence electrons. The van der Waals surface area contributed by atoms with Crippen LogP contribution in [0, 0.1) is 14.7 Å². The van der Waals surface area contributed by atoms with Crippen LogP contribution in [0.1, 0.15) is 81.4 Å². The molecule has 49 heavy (non-hydrogen) atoms. The summed E-state index contributed by atoms with van der Waals surface area (Å²) in [7, 11) is -2.89. The molecule has 0 amide bonds. The van der Waals surface area contributed by atoms with Crippen molar-refractivity contribution in [2.75, 3.05) is 32.7 Å². The van der Waals surface area contributed by atoms with Crippen molar-refractivity contribution in [2.24, 2.45) is 10.8 Å². The summed E-state index contributed by atoms with van der Waals surface area (Å²) in [5.74, 6) is -1.38. The second-order valence-corrected chi connectivity index (χ2v) is 17.6. The third-order valence-corrected chi connectivity index (χ3v) is 10.4. The van der Waals surface area contributed by atoms with E-state index in [2.05, 4.69) is 25.1 Å². The van der Waals surface area contributed by atoms with Gasteiger partial charge in [0, 0.05) is 22.6 Å². The molecule has 6 atom stereocenters. The maximum atomic E-state index is 14.3. The summed E-state index contributed by atoms with van der Waals surface area (Å²) < 4.78 is 44.0. The van der Waals surface area contributed by atoms with Gasteiger partial charge in [-0.2, -0.15) is 9.97 Å². The molecule has 2 aromatic heterocycles. The van der Waals surface area contributed by atoms with Gasteiger partial charge < -0.3 is 39.4 Å². The van der Waals surface area contributed by atoms with E-state index in [0.717, 1.165) is 0 Å². The zero-order valence-electron chi connectivity index (χ0n) is 29.8. The molecule has 3 rings (SSSR count). The first-order chi connectivity index (χ1) is 22.5. The van der Waals surface area contributed by atoms with Crippen molar-refractivity contribution in [3.05, 3.63) is 3.83 Å². The molecule has 2 aromatic rings. The number of fused-ring (bicyclic) bond motifs is 1. The van der Waals surface area contributed by atoms with Crippen molar-refractivity contribution in [3.8, 4) is 5.88 Å². The van der Waals surface area contributed by atoms with Gasteiger partial charge in [0.2, 0.25) is 11.8 Å². The van der Waals surface area contributed by atoms with E-state index >= 15 is 0 Å². The SMILES string of the molecule is COc1nc(N)nc2c1nc(I)n2[C@@H]1O[C@H](COP(=O)(N[C@@H](C)C(=O)OCCC(C)(C)C)N[C@@H](C)C(=O)OCCC(C)(C)C)[C@@H](O)[C@@]1(C)O. The van der Waals surface area contributed by atoms with Gasteiger partial charge in [0.05, 0.1) is 26.9 Å². The van der Waals surface area contributed by atoms with Crippen LogP contribution in [0.5, 0.6) is 5.88 Å². The molecule has 0 saturated carbocycles. The van der Waals surface area contributed by atoms with Gasteiger partial charge in [-0.25, -0.2) is 15.2 Å². The van der Waals surface area contributed by atoms with Crippen molar-refractivity contribution < 1.29 is 47.8 Å². The maximum Gasteiger partial charge on any atom is 0.342 e. The van der Waals surface area contributed by atoms with E-state index in [9.17, 15) is 24.4 Å². The van der Waals surface area contributed by atoms with Crippen LogP contribution in [0.3, 0.4) is 0 Å². The van der Waals surface area contributed by atoms with Crippen molar-refractivity contribution in [3.63, 3.8) is 0 Å². The number of carbonyl (C=O) groups excluding carboxylic acids is 2. The number of halogens is 1. The number of methoxy groups -OCH3 is 1. The van der Waals surface area contributed by atoms with Crippen molar-refractivity contribution in [1.29, 1.82) is 0 Å². The van der Waals surface area contributed by atoms with Crippen LogP contribution in [-0.2, 0) is 32.9 Å². The molecule has 0 bridgehead atoms. The number of esters is 2. The monoisotopic (exact) mass is 827 g/mol. The first kappa shape index (κ1) is 41.2. The second-order valence-electron chi connectivity index (χ2n) is 14.7. The normalized spacial score (nSPS) is 23.0. The molecule has 1 aliphatic rings. The highest BCUT2D eigenvalue weighted by Gasteiger charge is 2.54. The molecule has 1 saturated heterocycles. The third-order valence-electron chi connectivity index (χ3n) is 7.71. The number of nitrogens with zero attached hydrogens (tertiary/aromatic N) is 4. The fourth-order valence-corrected chi connectivity index (χ4v) is 7.25. The molecular formula is C30H51IN7O10P. The van der Waals surface area contributed by atoms with Crippen LogP contribution in [0.15, 0.2) is 0 Å². The van der Waals surface area contributed by atoms with Crippen molar-refractivity contribution in [1.82, 2.24) is 29.7 Å². The van der Waals surface area contributed by atoms with Crippen LogP contribution < -0.4 is 20.6 Å². The fraction of sp³-hybridized carbons (Fsp3) is 0.767. The zero-order chi connectivity index (χ0) is 37.1. The van der Waals surface area contributed by atoms with Gasteiger partial charge in [0.15, 0.2) is 21.2 Å². The summed E-state index contributed by atoms with van der Waals surface area (Å²) in [5, 5.41) is 28.0. The Bertz CT molecular complexity index is 1480. The largest absolute Gasteiger partial charge is 0.479 e. The lowest BCUT2D eigenvalue weighted by atomic mass is 9.93. The molecule has 0 radical (unpaired) electrons. The number of anilines is 1. The van der Waals surface area contributed by atoms with Crippen LogP contribution in [0.25, 0.3) is 11.2 Å². The van der Waals surface area contributed by atoms with Gasteiger partial charge in [-0.05, 0) is 44.4 Å². The maximum absolute atomic E-state index is 14.3. The second kappa shape index (κ2) is 16.0. The molecule has 0 unspecified atom stereocenters. The number of nitrogens with one attached hydrogen (secondary N) is 2. The summed E-state index contributed by atoms with van der Waals surface area (Å²) in [4.78, 5) is 38.4. The van der Waals surface area contributed by atoms with E-state index in [4.69, 9.17) is 29.2 Å². The predicted octanol–water partition coefficient (Wildman–Crippen LogP) is 3.07. The van der Waals surface area contributed by atoms with Gasteiger partial charge in [0.1, 0.15) is 29.9 Å². The number of imidazole rings is 1. The van der Waals surface area contributed by atoms with Gasteiger partial charge in [0.25, 0.3) is 0 Å². The highest BCUT2D eigenvalue weighted by atomic mass is 127. The Labute approximate surface area is 300 Å². The van der Waals surface area contributed by atoms with Gasteiger partial charge in [-0.15, -0.1) is 0 Å². The average Bonchev–Trinajstić information content (AvgIpc) is 3.40. The van der Waals surface area contributed by atoms with E-state index in [-0.39, 0.29) is 47.0 Å². The predicted molar refractivity (Wildman–Crippen MR) is 188 cm³/mol. The van der Waals surface area contributed by atoms with E-state index in [1.54, 1.807) is 0 Å². The third kappa shape index (κ3) is 10.9. The quantitative estimate of drug-likeness (QED) is 0.0752. The standard InChI is InChI=1S/C30H51IN7O10P/c1-16(23(40)45-13-11-28(3,4)5)36-49(43,37-17(2)24(41)46-14-12-29(6,7)8)47-15-18-20(39)30(9,42)25(48-18)38-21-19(33-26(38)31)22(44-10)35-27(32)34-21/h16-18,20,25,39,42H,11-15H2,1-10H3,(H2,32,34,35)(H2,36,37,43)/t16-,17-,18+,20+,25+,30+/m0/s1. The molecule has 17 nitrogen and oxygen atoms in total. The topological polar surface area (TPSA) is 231 Å². The molecular weight excluding hydrogens is 776 g/mol. The van der Waals surface area contributed by atoms with Gasteiger partial charge in [-0.1, -0.05) is 41.5 Å². The van der Waals surface area contributed by atoms with E-state index < -0.39 is 62.3 Å². The minimum atomic E-state index is -4.28. The number of hydrogen-bond donors (Lipinski definition) is 5. The number of ether oxygens (including phenoxy) is 4. The molecule has 0 spiro atoms. The van der Waals surface area contributed by atoms with Gasteiger partial charge in [-0.3, -0.25) is 18.7 Å². The summed E-state index contributed by atoms with van der Waals surface area (Å²) in [6.07, 6.45) is -2.89. The minimum absolute atomic E-state index is 0.0758. The molecule has 6 N–H and O–H groups in total. The highest BCUT2D eigenvalue weighted by Crippen LogP contribution is 2.45. The zero-order valence-corrected chi connectivity index (χ0v) is 32.8. The van der Waals surface area contributed by atoms with Crippen molar-refractivity contribution in [2.45, 2.75) is 111 Å². The Balaban J connectivity index is 1.83. The van der Waals surface area contributed by atoms with Crippen molar-refractivity contribution >= 4 is 59.3 Å². The lowest BCUT2D eigenvalue weighted by molar-refractivity contribution is -0.146. The van der Waals surface area contributed by atoms with Crippen LogP contribution in [-0.4, -0.2) is 98.5 Å². The Hall–Kier alpha value is -2.19. The number of aliphatic hydroxyl groups is 2. The smallest absolute Gasteiger partial charge is 0.342 e. The van der Waals surface area contributed by atoms with Crippen LogP contribution >= 0.6 is 30.3 Å². The summed E-state index contributed by atoms with van der Waals surface area (Å²) in [6, 6.07) is -2.27. The average molecular weight is 828 g/mol. The number of hydrogen-bond acceptors (Lipinski definition) is 14. The Morgan fingerprint density at radius 3 is 2.02 bits per heavy atom. The highest BCUT2D eigenvalue weighted by molar-refractivity contribution is 14.1. The van der Waals surface area contributed by atoms with E-state index in [0.29, 0.717) is 16.7 Å². The molecule has 3 heterocycles. The fourth-order valence-electron chi connectivity index (χ4n) is 4.71. The Kier molecular flexibility index (Phi) is 13.5. The van der Waals surface area contributed by atoms with Crippen LogP contribution in [0.2, 0.25) is 0 Å². The number of rotatable bonds is 15. The molecule has 1 fully saturated rings. The summed E-state index contributed by atoms with van der Waals surface area (Å²) >= 11 is 1.91. The van der Waals surface area contributed by atoms with E-state index in [1.165, 1.54) is 32.4 Å². The number of nitrogens with two attached hydrogens (primary N) is 1. The summed E-state index contributed by atoms with van der Waals surface area (Å²) in [6.45, 7) is 16.0.